The molecule has 1 heterocycles. The van der Waals surface area contributed by atoms with Gasteiger partial charge in [0.05, 0.1) is 6.54 Å². The Morgan fingerprint density at radius 2 is 2.71 bits per heavy atom. The molecule has 1 aliphatic heterocycles. The summed E-state index contributed by atoms with van der Waals surface area (Å²) >= 11 is 0. The zero-order valence-corrected chi connectivity index (χ0v) is 4.31. The number of guanidine groups is 1. The number of hydrogen-bond acceptors (Lipinski definition) is 3. The smallest absolute Gasteiger partial charge is 0.188 e. The molecule has 0 fully saturated rings. The highest BCUT2D eigenvalue weighted by atomic mass is 15.2. The van der Waals surface area contributed by atoms with Crippen LogP contribution in [-0.2, 0) is 0 Å². The first-order chi connectivity index (χ1) is 3.29. The maximum Gasteiger partial charge on any atom is 0.188 e. The van der Waals surface area contributed by atoms with Crippen molar-refractivity contribution in [1.82, 2.24) is 5.32 Å². The average molecular weight is 99.1 g/mol. The number of hydrogen-bond donors (Lipinski definition) is 2. The summed E-state index contributed by atoms with van der Waals surface area (Å²) in [5.41, 5.74) is 5.26. The van der Waals surface area contributed by atoms with Gasteiger partial charge in [-0.25, -0.2) is 0 Å². The van der Waals surface area contributed by atoms with Crippen molar-refractivity contribution in [2.75, 3.05) is 6.54 Å². The first-order valence-corrected chi connectivity index (χ1v) is 2.35. The van der Waals surface area contributed by atoms with E-state index in [9.17, 15) is 0 Å². The average Bonchev–Trinajstić information content (AvgIpc) is 1.87. The first kappa shape index (κ1) is 4.43. The fourth-order valence-electron chi connectivity index (χ4n) is 0.579. The summed E-state index contributed by atoms with van der Waals surface area (Å²) in [7, 11) is 0. The third-order valence-corrected chi connectivity index (χ3v) is 0.930. The lowest BCUT2D eigenvalue weighted by molar-refractivity contribution is 0.724. The van der Waals surface area contributed by atoms with Gasteiger partial charge in [0.15, 0.2) is 5.96 Å². The minimum Gasteiger partial charge on any atom is -0.370 e. The highest BCUT2D eigenvalue weighted by Gasteiger charge is 2.06. The second kappa shape index (κ2) is 1.40. The van der Waals surface area contributed by atoms with E-state index in [4.69, 9.17) is 5.73 Å². The summed E-state index contributed by atoms with van der Waals surface area (Å²) in [4.78, 5) is 3.90. The summed E-state index contributed by atoms with van der Waals surface area (Å²) in [6.45, 7) is 2.87. The topological polar surface area (TPSA) is 50.4 Å². The fourth-order valence-corrected chi connectivity index (χ4v) is 0.579. The van der Waals surface area contributed by atoms with Crippen LogP contribution in [0.4, 0.5) is 0 Å². The summed E-state index contributed by atoms with van der Waals surface area (Å²) in [5, 5.41) is 2.94. The molecule has 0 amide bonds. The van der Waals surface area contributed by atoms with Gasteiger partial charge in [-0.15, -0.1) is 0 Å². The van der Waals surface area contributed by atoms with Crippen LogP contribution in [0.25, 0.3) is 0 Å². The number of rotatable bonds is 0. The van der Waals surface area contributed by atoms with Gasteiger partial charge in [-0.3, -0.25) is 4.99 Å². The molecule has 0 saturated carbocycles. The molecule has 1 aliphatic rings. The third-order valence-electron chi connectivity index (χ3n) is 0.930. The molecule has 0 bridgehead atoms. The summed E-state index contributed by atoms with van der Waals surface area (Å²) in [5.74, 6) is 0.576. The third kappa shape index (κ3) is 0.824. The van der Waals surface area contributed by atoms with E-state index in [1.165, 1.54) is 0 Å². The van der Waals surface area contributed by atoms with Crippen molar-refractivity contribution >= 4 is 5.96 Å². The number of nitrogens with one attached hydrogen (secondary N) is 1. The number of nitrogens with zero attached hydrogens (tertiary/aromatic N) is 1. The van der Waals surface area contributed by atoms with E-state index in [1.807, 2.05) is 6.92 Å². The van der Waals surface area contributed by atoms with E-state index in [2.05, 4.69) is 10.3 Å². The Morgan fingerprint density at radius 3 is 2.86 bits per heavy atom. The molecular weight excluding hydrogens is 90.1 g/mol. The molecule has 3 heteroatoms. The van der Waals surface area contributed by atoms with Crippen LogP contribution < -0.4 is 11.1 Å². The summed E-state index contributed by atoms with van der Waals surface area (Å²) in [6, 6.07) is 0.444. The van der Waals surface area contributed by atoms with Crippen molar-refractivity contribution in [1.29, 1.82) is 0 Å². The van der Waals surface area contributed by atoms with Crippen molar-refractivity contribution < 1.29 is 0 Å². The maximum atomic E-state index is 5.26. The van der Waals surface area contributed by atoms with Gasteiger partial charge in [-0.1, -0.05) is 0 Å². The summed E-state index contributed by atoms with van der Waals surface area (Å²) < 4.78 is 0. The maximum absolute atomic E-state index is 5.26. The lowest BCUT2D eigenvalue weighted by Crippen LogP contribution is -2.32. The molecule has 0 aliphatic carbocycles. The van der Waals surface area contributed by atoms with Crippen LogP contribution in [0.2, 0.25) is 0 Å². The van der Waals surface area contributed by atoms with Crippen molar-refractivity contribution in [3.63, 3.8) is 0 Å². The minimum absolute atomic E-state index is 0.444. The van der Waals surface area contributed by atoms with Gasteiger partial charge in [0.2, 0.25) is 0 Å². The molecule has 7 heavy (non-hydrogen) atoms. The van der Waals surface area contributed by atoms with Crippen molar-refractivity contribution in [3.8, 4) is 0 Å². The van der Waals surface area contributed by atoms with Crippen LogP contribution in [0.3, 0.4) is 0 Å². The standard InChI is InChI=1S/C4H9N3/c1-3-2-6-4(5)7-3/h3H,2H2,1H3,(H3,5,6,7)/t3-/m0/s1. The van der Waals surface area contributed by atoms with Crippen molar-refractivity contribution in [2.45, 2.75) is 13.0 Å². The predicted molar refractivity (Wildman–Crippen MR) is 29.1 cm³/mol. The highest BCUT2D eigenvalue weighted by Crippen LogP contribution is 1.88. The Hall–Kier alpha value is -0.730. The van der Waals surface area contributed by atoms with Crippen molar-refractivity contribution in [3.05, 3.63) is 0 Å². The Balaban J connectivity index is 2.42. The lowest BCUT2D eigenvalue weighted by atomic mass is 10.4. The second-order valence-electron chi connectivity index (χ2n) is 1.77. The molecule has 3 N–H and O–H groups in total. The predicted octanol–water partition coefficient (Wildman–Crippen LogP) is -0.707. The Kier molecular flexibility index (Phi) is 0.889. The molecule has 0 spiro atoms. The highest BCUT2D eigenvalue weighted by molar-refractivity contribution is 5.79. The largest absolute Gasteiger partial charge is 0.370 e. The Bertz CT molecular complexity index is 97.1. The van der Waals surface area contributed by atoms with E-state index >= 15 is 0 Å². The van der Waals surface area contributed by atoms with Gasteiger partial charge in [-0.2, -0.15) is 0 Å². The normalized spacial score (nSPS) is 29.3. The van der Waals surface area contributed by atoms with E-state index < -0.39 is 0 Å². The minimum atomic E-state index is 0.444. The van der Waals surface area contributed by atoms with Gasteiger partial charge in [-0.05, 0) is 6.92 Å². The number of nitrogens with two attached hydrogens (primary N) is 1. The van der Waals surface area contributed by atoms with Gasteiger partial charge in [0.1, 0.15) is 0 Å². The quantitative estimate of drug-likeness (QED) is 0.421. The Labute approximate surface area is 42.6 Å². The molecule has 0 aromatic rings. The first-order valence-electron chi connectivity index (χ1n) is 2.35. The molecule has 3 nitrogen and oxygen atoms in total. The zero-order valence-electron chi connectivity index (χ0n) is 4.31. The Morgan fingerprint density at radius 1 is 2.00 bits per heavy atom. The van der Waals surface area contributed by atoms with Gasteiger partial charge in [0, 0.05) is 6.04 Å². The SMILES string of the molecule is C[C@H]1CN=C(N)N1. The van der Waals surface area contributed by atoms with Gasteiger partial charge in [0.25, 0.3) is 0 Å². The number of aliphatic imine (C=N–C) groups is 1. The van der Waals surface area contributed by atoms with Crippen LogP contribution in [-0.4, -0.2) is 18.5 Å². The molecule has 1 atom stereocenters. The van der Waals surface area contributed by atoms with E-state index in [0.29, 0.717) is 12.0 Å². The fraction of sp³-hybridized carbons (Fsp3) is 0.750. The zero-order chi connectivity index (χ0) is 5.28. The van der Waals surface area contributed by atoms with Crippen LogP contribution >= 0.6 is 0 Å². The van der Waals surface area contributed by atoms with Crippen LogP contribution in [0.5, 0.6) is 0 Å². The molecule has 0 aromatic carbocycles. The molecule has 0 saturated heterocycles. The van der Waals surface area contributed by atoms with Gasteiger partial charge >= 0.3 is 0 Å². The van der Waals surface area contributed by atoms with Gasteiger partial charge < -0.3 is 11.1 Å². The molecular formula is C4H9N3. The van der Waals surface area contributed by atoms with E-state index in [0.717, 1.165) is 6.54 Å². The summed E-state index contributed by atoms with van der Waals surface area (Å²) in [6.07, 6.45) is 0. The molecule has 40 valence electrons. The molecule has 1 rings (SSSR count). The molecule has 0 radical (unpaired) electrons. The van der Waals surface area contributed by atoms with Crippen LogP contribution in [0.1, 0.15) is 6.92 Å². The molecule has 0 unspecified atom stereocenters. The van der Waals surface area contributed by atoms with Crippen LogP contribution in [0.15, 0.2) is 4.99 Å². The molecule has 0 aromatic heterocycles. The monoisotopic (exact) mass is 99.1 g/mol. The van der Waals surface area contributed by atoms with E-state index in [-0.39, 0.29) is 0 Å². The lowest BCUT2D eigenvalue weighted by Gasteiger charge is -1.98. The van der Waals surface area contributed by atoms with E-state index in [1.54, 1.807) is 0 Å². The van der Waals surface area contributed by atoms with Crippen molar-refractivity contribution in [2.24, 2.45) is 10.7 Å². The second-order valence-corrected chi connectivity index (χ2v) is 1.77. The van der Waals surface area contributed by atoms with Crippen LogP contribution in [0, 0.1) is 0 Å².